The van der Waals surface area contributed by atoms with Crippen LogP contribution in [-0.4, -0.2) is 68.3 Å². The highest BCUT2D eigenvalue weighted by molar-refractivity contribution is 5.78. The number of nitrogens with one attached hydrogen (secondary N) is 2. The fourth-order valence-electron chi connectivity index (χ4n) is 2.10. The van der Waals surface area contributed by atoms with E-state index in [9.17, 15) is 4.79 Å². The lowest BCUT2D eigenvalue weighted by atomic mass is 10.1. The summed E-state index contributed by atoms with van der Waals surface area (Å²) in [5.41, 5.74) is 5.36. The van der Waals surface area contributed by atoms with Crippen LogP contribution < -0.4 is 16.4 Å². The molecule has 1 heterocycles. The molecule has 0 radical (unpaired) electrons. The van der Waals surface area contributed by atoms with Gasteiger partial charge in [-0.05, 0) is 19.5 Å². The van der Waals surface area contributed by atoms with Crippen molar-refractivity contribution in [3.05, 3.63) is 0 Å². The molecule has 1 fully saturated rings. The van der Waals surface area contributed by atoms with Crippen molar-refractivity contribution in [1.82, 2.24) is 15.5 Å². The van der Waals surface area contributed by atoms with Gasteiger partial charge in [-0.3, -0.25) is 4.79 Å². The lowest BCUT2D eigenvalue weighted by Crippen LogP contribution is -2.34. The number of nitrogens with zero attached hydrogens (tertiary/aromatic N) is 1. The molecule has 106 valence electrons. The van der Waals surface area contributed by atoms with Crippen LogP contribution >= 0.6 is 0 Å². The highest BCUT2D eigenvalue weighted by Crippen LogP contribution is 2.15. The van der Waals surface area contributed by atoms with E-state index in [1.165, 1.54) is 0 Å². The number of hydrogen-bond acceptors (Lipinski definition) is 5. The van der Waals surface area contributed by atoms with Crippen molar-refractivity contribution in [3.63, 3.8) is 0 Å². The summed E-state index contributed by atoms with van der Waals surface area (Å²) >= 11 is 0. The molecule has 6 nitrogen and oxygen atoms in total. The van der Waals surface area contributed by atoms with Crippen molar-refractivity contribution in [2.75, 3.05) is 52.4 Å². The maximum absolute atomic E-state index is 11.5. The first-order valence-corrected chi connectivity index (χ1v) is 6.78. The van der Waals surface area contributed by atoms with E-state index in [1.54, 1.807) is 0 Å². The van der Waals surface area contributed by atoms with Gasteiger partial charge in [-0.1, -0.05) is 0 Å². The zero-order chi connectivity index (χ0) is 13.2. The van der Waals surface area contributed by atoms with E-state index in [4.69, 9.17) is 10.8 Å². The first-order chi connectivity index (χ1) is 8.77. The number of rotatable bonds is 10. The molecule has 0 bridgehead atoms. The van der Waals surface area contributed by atoms with E-state index in [1.807, 2.05) is 4.90 Å². The molecule has 1 atom stereocenters. The fourth-order valence-corrected chi connectivity index (χ4v) is 2.10. The third-order valence-electron chi connectivity index (χ3n) is 3.14. The lowest BCUT2D eigenvalue weighted by molar-refractivity contribution is -0.127. The van der Waals surface area contributed by atoms with E-state index in [0.717, 1.165) is 39.1 Å². The predicted molar refractivity (Wildman–Crippen MR) is 71.2 cm³/mol. The smallest absolute Gasteiger partial charge is 0.223 e. The third-order valence-corrected chi connectivity index (χ3v) is 3.14. The summed E-state index contributed by atoms with van der Waals surface area (Å²) < 4.78 is 0. The second-order valence-electron chi connectivity index (χ2n) is 4.73. The number of nitrogens with two attached hydrogens (primary N) is 1. The molecule has 0 aliphatic carbocycles. The van der Waals surface area contributed by atoms with Gasteiger partial charge in [0.1, 0.15) is 0 Å². The van der Waals surface area contributed by atoms with Crippen molar-refractivity contribution in [3.8, 4) is 0 Å². The van der Waals surface area contributed by atoms with Gasteiger partial charge in [-0.2, -0.15) is 0 Å². The summed E-state index contributed by atoms with van der Waals surface area (Å²) in [4.78, 5) is 13.4. The summed E-state index contributed by atoms with van der Waals surface area (Å²) in [7, 11) is 0. The standard InChI is InChI=1S/C12H26N4O2/c13-2-5-14-3-1-4-15-6-7-16-9-11(10-17)8-12(16)18/h11,14-15,17H,1-10,13H2. The second-order valence-corrected chi connectivity index (χ2v) is 4.73. The number of carbonyl (C=O) groups excluding carboxylic acids is 1. The maximum atomic E-state index is 11.5. The topological polar surface area (TPSA) is 90.6 Å². The van der Waals surface area contributed by atoms with Crippen molar-refractivity contribution in [2.45, 2.75) is 12.8 Å². The molecule has 1 aliphatic rings. The minimum absolute atomic E-state index is 0.114. The molecular weight excluding hydrogens is 232 g/mol. The second kappa shape index (κ2) is 9.27. The lowest BCUT2D eigenvalue weighted by Gasteiger charge is -2.16. The summed E-state index contributed by atoms with van der Waals surface area (Å²) in [6, 6.07) is 0. The predicted octanol–water partition coefficient (Wildman–Crippen LogP) is -1.64. The van der Waals surface area contributed by atoms with Crippen molar-refractivity contribution < 1.29 is 9.90 Å². The molecule has 0 saturated carbocycles. The minimum atomic E-state index is 0.114. The van der Waals surface area contributed by atoms with Crippen LogP contribution in [-0.2, 0) is 4.79 Å². The molecule has 6 heteroatoms. The Morgan fingerprint density at radius 1 is 1.28 bits per heavy atom. The summed E-state index contributed by atoms with van der Waals surface area (Å²) in [5, 5.41) is 15.5. The average molecular weight is 258 g/mol. The average Bonchev–Trinajstić information content (AvgIpc) is 2.73. The van der Waals surface area contributed by atoms with Crippen molar-refractivity contribution in [1.29, 1.82) is 0 Å². The van der Waals surface area contributed by atoms with Crippen LogP contribution in [0.4, 0.5) is 0 Å². The molecule has 18 heavy (non-hydrogen) atoms. The number of aliphatic hydroxyl groups excluding tert-OH is 1. The van der Waals surface area contributed by atoms with Crippen LogP contribution in [0.1, 0.15) is 12.8 Å². The first kappa shape index (κ1) is 15.4. The van der Waals surface area contributed by atoms with Gasteiger partial charge in [-0.25, -0.2) is 0 Å². The van der Waals surface area contributed by atoms with Crippen LogP contribution in [0.3, 0.4) is 0 Å². The first-order valence-electron chi connectivity index (χ1n) is 6.78. The zero-order valence-corrected chi connectivity index (χ0v) is 11.0. The Bertz CT molecular complexity index is 238. The Hall–Kier alpha value is -0.690. The fraction of sp³-hybridized carbons (Fsp3) is 0.917. The Labute approximate surface area is 109 Å². The zero-order valence-electron chi connectivity index (χ0n) is 11.0. The molecular formula is C12H26N4O2. The molecule has 1 unspecified atom stereocenters. The van der Waals surface area contributed by atoms with Gasteiger partial charge < -0.3 is 26.4 Å². The highest BCUT2D eigenvalue weighted by atomic mass is 16.3. The summed E-state index contributed by atoms with van der Waals surface area (Å²) in [6.45, 7) is 5.84. The number of carbonyl (C=O) groups is 1. The monoisotopic (exact) mass is 258 g/mol. The molecule has 0 aromatic rings. The maximum Gasteiger partial charge on any atom is 0.223 e. The minimum Gasteiger partial charge on any atom is -0.396 e. The van der Waals surface area contributed by atoms with Gasteiger partial charge in [0.15, 0.2) is 0 Å². The quantitative estimate of drug-likeness (QED) is 0.353. The highest BCUT2D eigenvalue weighted by Gasteiger charge is 2.28. The van der Waals surface area contributed by atoms with Crippen LogP contribution in [0, 0.1) is 5.92 Å². The van der Waals surface area contributed by atoms with Crippen LogP contribution in [0.25, 0.3) is 0 Å². The van der Waals surface area contributed by atoms with Crippen molar-refractivity contribution in [2.24, 2.45) is 11.7 Å². The Morgan fingerprint density at radius 3 is 2.61 bits per heavy atom. The molecule has 1 aliphatic heterocycles. The summed E-state index contributed by atoms with van der Waals surface area (Å²) in [5.74, 6) is 0.304. The molecule has 1 rings (SSSR count). The van der Waals surface area contributed by atoms with Crippen molar-refractivity contribution >= 4 is 5.91 Å². The molecule has 0 spiro atoms. The number of aliphatic hydroxyl groups is 1. The molecule has 1 saturated heterocycles. The van der Waals surface area contributed by atoms with Crippen LogP contribution in [0.2, 0.25) is 0 Å². The van der Waals surface area contributed by atoms with Crippen LogP contribution in [0.5, 0.6) is 0 Å². The number of likely N-dealkylation sites (tertiary alicyclic amines) is 1. The normalized spacial score (nSPS) is 19.8. The van der Waals surface area contributed by atoms with Gasteiger partial charge in [0.25, 0.3) is 0 Å². The SMILES string of the molecule is NCCNCCCNCCN1CC(CO)CC1=O. The summed E-state index contributed by atoms with van der Waals surface area (Å²) in [6.07, 6.45) is 1.56. The van der Waals surface area contributed by atoms with E-state index >= 15 is 0 Å². The van der Waals surface area contributed by atoms with E-state index in [2.05, 4.69) is 10.6 Å². The molecule has 5 N–H and O–H groups in total. The van der Waals surface area contributed by atoms with E-state index < -0.39 is 0 Å². The molecule has 0 aromatic heterocycles. The largest absolute Gasteiger partial charge is 0.396 e. The Morgan fingerprint density at radius 2 is 2.00 bits per heavy atom. The number of amides is 1. The number of hydrogen-bond donors (Lipinski definition) is 4. The van der Waals surface area contributed by atoms with Gasteiger partial charge >= 0.3 is 0 Å². The van der Waals surface area contributed by atoms with Gasteiger partial charge in [0.05, 0.1) is 0 Å². The molecule has 1 amide bonds. The van der Waals surface area contributed by atoms with Crippen LogP contribution in [0.15, 0.2) is 0 Å². The Balaban J connectivity index is 1.93. The van der Waals surface area contributed by atoms with E-state index in [0.29, 0.717) is 19.5 Å². The Kier molecular flexibility index (Phi) is 7.91. The van der Waals surface area contributed by atoms with Gasteiger partial charge in [0, 0.05) is 51.7 Å². The third kappa shape index (κ3) is 5.77. The molecule has 0 aromatic carbocycles. The van der Waals surface area contributed by atoms with Gasteiger partial charge in [-0.15, -0.1) is 0 Å². The van der Waals surface area contributed by atoms with Gasteiger partial charge in [0.2, 0.25) is 5.91 Å². The van der Waals surface area contributed by atoms with E-state index in [-0.39, 0.29) is 18.4 Å².